The highest BCUT2D eigenvalue weighted by atomic mass is 35.5. The molecule has 2 unspecified atom stereocenters. The zero-order valence-electron chi connectivity index (χ0n) is 12.0. The molecule has 18 heavy (non-hydrogen) atoms. The Morgan fingerprint density at radius 3 is 2.61 bits per heavy atom. The molecule has 0 saturated carbocycles. The Bertz CT molecular complexity index is 379. The molecule has 0 aliphatic carbocycles. The van der Waals surface area contributed by atoms with Crippen molar-refractivity contribution in [2.24, 2.45) is 13.0 Å². The Balaban J connectivity index is 2.68. The highest BCUT2D eigenvalue weighted by molar-refractivity contribution is 6.30. The molecule has 1 aromatic heterocycles. The first kappa shape index (κ1) is 15.5. The van der Waals surface area contributed by atoms with Crippen LogP contribution in [0.15, 0.2) is 0 Å². The van der Waals surface area contributed by atoms with Gasteiger partial charge >= 0.3 is 0 Å². The van der Waals surface area contributed by atoms with E-state index in [-0.39, 0.29) is 0 Å². The lowest BCUT2D eigenvalue weighted by molar-refractivity contribution is 0.150. The summed E-state index contributed by atoms with van der Waals surface area (Å²) >= 11 is 6.26. The fourth-order valence-electron chi connectivity index (χ4n) is 2.29. The van der Waals surface area contributed by atoms with Crippen molar-refractivity contribution >= 4 is 11.6 Å². The number of aryl methyl sites for hydroxylation is 2. The van der Waals surface area contributed by atoms with Gasteiger partial charge in [-0.3, -0.25) is 4.68 Å². The van der Waals surface area contributed by atoms with Crippen LogP contribution in [0.4, 0.5) is 0 Å². The highest BCUT2D eigenvalue weighted by Gasteiger charge is 2.18. The molecule has 1 rings (SSSR count). The van der Waals surface area contributed by atoms with Crippen molar-refractivity contribution in [2.75, 3.05) is 20.8 Å². The monoisotopic (exact) mass is 273 g/mol. The zero-order chi connectivity index (χ0) is 13.7. The van der Waals surface area contributed by atoms with E-state index in [1.165, 1.54) is 0 Å². The second kappa shape index (κ2) is 7.12. The number of hydrogen-bond donors (Lipinski definition) is 1. The zero-order valence-corrected chi connectivity index (χ0v) is 12.7. The second-order valence-corrected chi connectivity index (χ2v) is 5.32. The van der Waals surface area contributed by atoms with Crippen molar-refractivity contribution in [3.05, 3.63) is 16.4 Å². The van der Waals surface area contributed by atoms with Gasteiger partial charge in [-0.25, -0.2) is 0 Å². The molecule has 0 amide bonds. The van der Waals surface area contributed by atoms with Gasteiger partial charge in [0.05, 0.1) is 5.69 Å². The van der Waals surface area contributed by atoms with Gasteiger partial charge in [-0.15, -0.1) is 0 Å². The molecule has 0 saturated heterocycles. The molecule has 1 heterocycles. The topological polar surface area (TPSA) is 39.1 Å². The molecule has 4 nitrogen and oxygen atoms in total. The minimum atomic E-state index is 0.399. The van der Waals surface area contributed by atoms with Crippen LogP contribution >= 0.6 is 11.6 Å². The minimum Gasteiger partial charge on any atom is -0.384 e. The summed E-state index contributed by atoms with van der Waals surface area (Å²) in [6.45, 7) is 5.00. The van der Waals surface area contributed by atoms with Gasteiger partial charge in [-0.2, -0.15) is 5.10 Å². The average Bonchev–Trinajstić information content (AvgIpc) is 2.55. The van der Waals surface area contributed by atoms with E-state index in [1.807, 2.05) is 21.0 Å². The molecule has 0 aliphatic heterocycles. The number of ether oxygens (including phenoxy) is 1. The summed E-state index contributed by atoms with van der Waals surface area (Å²) in [5, 5.41) is 8.44. The SMILES string of the molecule is CNC(Cc1c(C)nn(C)c1Cl)CC(C)COC. The summed E-state index contributed by atoms with van der Waals surface area (Å²) in [5.74, 6) is 0.531. The summed E-state index contributed by atoms with van der Waals surface area (Å²) in [4.78, 5) is 0. The van der Waals surface area contributed by atoms with Crippen LogP contribution < -0.4 is 5.32 Å². The lowest BCUT2D eigenvalue weighted by Crippen LogP contribution is -2.30. The van der Waals surface area contributed by atoms with E-state index in [4.69, 9.17) is 16.3 Å². The standard InChI is InChI=1S/C13H24ClN3O/c1-9(8-18-5)6-11(15-3)7-12-10(2)16-17(4)13(12)14/h9,11,15H,6-8H2,1-5H3. The predicted octanol–water partition coefficient (Wildman–Crippen LogP) is 2.19. The summed E-state index contributed by atoms with van der Waals surface area (Å²) in [5.41, 5.74) is 2.16. The average molecular weight is 274 g/mol. The molecular weight excluding hydrogens is 250 g/mol. The van der Waals surface area contributed by atoms with Crippen LogP contribution in [-0.4, -0.2) is 36.6 Å². The molecule has 0 radical (unpaired) electrons. The third-order valence-electron chi connectivity index (χ3n) is 3.27. The maximum Gasteiger partial charge on any atom is 0.130 e. The van der Waals surface area contributed by atoms with Crippen molar-refractivity contribution in [1.29, 1.82) is 0 Å². The van der Waals surface area contributed by atoms with Crippen molar-refractivity contribution in [3.63, 3.8) is 0 Å². The van der Waals surface area contributed by atoms with Crippen LogP contribution in [0.2, 0.25) is 5.15 Å². The quantitative estimate of drug-likeness (QED) is 0.828. The van der Waals surface area contributed by atoms with Gasteiger partial charge in [0, 0.05) is 32.4 Å². The largest absolute Gasteiger partial charge is 0.384 e. The van der Waals surface area contributed by atoms with Gasteiger partial charge in [-0.1, -0.05) is 18.5 Å². The Kier molecular flexibility index (Phi) is 6.12. The van der Waals surface area contributed by atoms with E-state index in [0.29, 0.717) is 12.0 Å². The highest BCUT2D eigenvalue weighted by Crippen LogP contribution is 2.22. The second-order valence-electron chi connectivity index (χ2n) is 4.96. The molecule has 0 bridgehead atoms. The number of methoxy groups -OCH3 is 1. The minimum absolute atomic E-state index is 0.399. The molecule has 0 aliphatic rings. The number of nitrogens with zero attached hydrogens (tertiary/aromatic N) is 2. The number of likely N-dealkylation sites (N-methyl/N-ethyl adjacent to an activating group) is 1. The van der Waals surface area contributed by atoms with Crippen molar-refractivity contribution < 1.29 is 4.74 Å². The summed E-state index contributed by atoms with van der Waals surface area (Å²) in [7, 11) is 5.61. The van der Waals surface area contributed by atoms with Crippen LogP contribution in [-0.2, 0) is 18.2 Å². The van der Waals surface area contributed by atoms with Gasteiger partial charge in [-0.05, 0) is 32.7 Å². The molecule has 1 aromatic rings. The molecule has 5 heteroatoms. The Labute approximate surface area is 115 Å². The molecule has 1 N–H and O–H groups in total. The maximum atomic E-state index is 6.26. The van der Waals surface area contributed by atoms with Crippen LogP contribution in [0.3, 0.4) is 0 Å². The molecule has 0 aromatic carbocycles. The fraction of sp³-hybridized carbons (Fsp3) is 0.769. The first-order valence-electron chi connectivity index (χ1n) is 6.33. The van der Waals surface area contributed by atoms with Crippen LogP contribution in [0.5, 0.6) is 0 Å². The van der Waals surface area contributed by atoms with Crippen LogP contribution in [0.25, 0.3) is 0 Å². The normalized spacial score (nSPS) is 14.8. The number of nitrogens with one attached hydrogen (secondary N) is 1. The van der Waals surface area contributed by atoms with E-state index < -0.39 is 0 Å². The number of aromatic nitrogens is 2. The van der Waals surface area contributed by atoms with E-state index in [1.54, 1.807) is 11.8 Å². The van der Waals surface area contributed by atoms with E-state index in [2.05, 4.69) is 17.3 Å². The van der Waals surface area contributed by atoms with Gasteiger partial charge in [0.2, 0.25) is 0 Å². The molecule has 0 spiro atoms. The van der Waals surface area contributed by atoms with Gasteiger partial charge in [0.25, 0.3) is 0 Å². The summed E-state index contributed by atoms with van der Waals surface area (Å²) in [6.07, 6.45) is 1.97. The van der Waals surface area contributed by atoms with E-state index in [0.717, 1.165) is 35.9 Å². The van der Waals surface area contributed by atoms with Crippen LogP contribution in [0, 0.1) is 12.8 Å². The Morgan fingerprint density at radius 1 is 1.50 bits per heavy atom. The summed E-state index contributed by atoms with van der Waals surface area (Å²) < 4.78 is 6.91. The van der Waals surface area contributed by atoms with Crippen molar-refractivity contribution in [3.8, 4) is 0 Å². The van der Waals surface area contributed by atoms with Crippen molar-refractivity contribution in [1.82, 2.24) is 15.1 Å². The molecule has 104 valence electrons. The first-order chi connectivity index (χ1) is 8.49. The number of hydrogen-bond acceptors (Lipinski definition) is 3. The van der Waals surface area contributed by atoms with E-state index in [9.17, 15) is 0 Å². The lowest BCUT2D eigenvalue weighted by atomic mass is 9.97. The summed E-state index contributed by atoms with van der Waals surface area (Å²) in [6, 6.07) is 0.399. The van der Waals surface area contributed by atoms with Crippen LogP contribution in [0.1, 0.15) is 24.6 Å². The van der Waals surface area contributed by atoms with E-state index >= 15 is 0 Å². The third-order valence-corrected chi connectivity index (χ3v) is 3.74. The molecule has 0 fully saturated rings. The fourth-order valence-corrected chi connectivity index (χ4v) is 2.55. The molecule has 2 atom stereocenters. The maximum absolute atomic E-state index is 6.26. The third kappa shape index (κ3) is 3.97. The lowest BCUT2D eigenvalue weighted by Gasteiger charge is -2.20. The smallest absolute Gasteiger partial charge is 0.130 e. The van der Waals surface area contributed by atoms with Gasteiger partial charge < -0.3 is 10.1 Å². The first-order valence-corrected chi connectivity index (χ1v) is 6.71. The Hall–Kier alpha value is -0.580. The molecular formula is C13H24ClN3O. The van der Waals surface area contributed by atoms with Crippen molar-refractivity contribution in [2.45, 2.75) is 32.7 Å². The van der Waals surface area contributed by atoms with Gasteiger partial charge in [0.15, 0.2) is 0 Å². The number of halogens is 1. The predicted molar refractivity (Wildman–Crippen MR) is 75.2 cm³/mol. The van der Waals surface area contributed by atoms with Gasteiger partial charge in [0.1, 0.15) is 5.15 Å². The number of rotatable bonds is 7. The Morgan fingerprint density at radius 2 is 2.17 bits per heavy atom.